The first kappa shape index (κ1) is 12.2. The summed E-state index contributed by atoms with van der Waals surface area (Å²) in [5, 5.41) is 7.30. The molecule has 1 aromatic heterocycles. The van der Waals surface area contributed by atoms with Crippen molar-refractivity contribution in [3.63, 3.8) is 0 Å². The molecule has 3 rings (SSSR count). The Kier molecular flexibility index (Phi) is 3.21. The summed E-state index contributed by atoms with van der Waals surface area (Å²) in [6, 6.07) is 7.83. The van der Waals surface area contributed by atoms with E-state index in [1.165, 1.54) is 0 Å². The quantitative estimate of drug-likeness (QED) is 0.841. The highest BCUT2D eigenvalue weighted by molar-refractivity contribution is 6.28. The number of rotatable bonds is 3. The third-order valence-corrected chi connectivity index (χ3v) is 3.35. The number of aromatic nitrogens is 2. The van der Waals surface area contributed by atoms with Crippen LogP contribution in [0.25, 0.3) is 10.9 Å². The number of halogens is 1. The molecule has 5 nitrogen and oxygen atoms in total. The van der Waals surface area contributed by atoms with Crippen molar-refractivity contribution in [3.05, 3.63) is 29.5 Å². The van der Waals surface area contributed by atoms with Gasteiger partial charge in [0.15, 0.2) is 0 Å². The van der Waals surface area contributed by atoms with E-state index in [4.69, 9.17) is 11.6 Å². The fourth-order valence-electron chi connectivity index (χ4n) is 2.23. The van der Waals surface area contributed by atoms with Gasteiger partial charge in [-0.2, -0.15) is 0 Å². The highest BCUT2D eigenvalue weighted by atomic mass is 35.5. The summed E-state index contributed by atoms with van der Waals surface area (Å²) in [4.78, 5) is 19.5. The zero-order valence-electron chi connectivity index (χ0n) is 10.2. The Hall–Kier alpha value is -1.88. The number of carbonyl (C=O) groups is 1. The van der Waals surface area contributed by atoms with Gasteiger partial charge >= 0.3 is 0 Å². The van der Waals surface area contributed by atoms with Crippen LogP contribution in [0.3, 0.4) is 0 Å². The normalized spacial score (nSPS) is 18.6. The average molecular weight is 277 g/mol. The summed E-state index contributed by atoms with van der Waals surface area (Å²) in [5.41, 5.74) is 0.806. The first-order valence-electron chi connectivity index (χ1n) is 6.18. The number of amides is 1. The van der Waals surface area contributed by atoms with Crippen LogP contribution in [0.4, 0.5) is 5.82 Å². The van der Waals surface area contributed by atoms with Crippen molar-refractivity contribution in [2.24, 2.45) is 0 Å². The first-order chi connectivity index (χ1) is 9.22. The maximum absolute atomic E-state index is 11.1. The Labute approximate surface area is 115 Å². The molecule has 1 atom stereocenters. The van der Waals surface area contributed by atoms with Crippen molar-refractivity contribution in [1.29, 1.82) is 0 Å². The van der Waals surface area contributed by atoms with E-state index >= 15 is 0 Å². The van der Waals surface area contributed by atoms with E-state index in [1.54, 1.807) is 0 Å². The van der Waals surface area contributed by atoms with Crippen LogP contribution < -0.4 is 10.6 Å². The number of anilines is 1. The molecule has 1 saturated heterocycles. The van der Waals surface area contributed by atoms with Gasteiger partial charge in [0.2, 0.25) is 11.2 Å². The molecular weight excluding hydrogens is 264 g/mol. The molecule has 1 unspecified atom stereocenters. The molecule has 19 heavy (non-hydrogen) atoms. The van der Waals surface area contributed by atoms with Gasteiger partial charge in [0.05, 0.1) is 5.52 Å². The predicted octanol–water partition coefficient (Wildman–Crippen LogP) is 1.97. The van der Waals surface area contributed by atoms with Crippen LogP contribution >= 0.6 is 11.6 Å². The van der Waals surface area contributed by atoms with Gasteiger partial charge in [-0.25, -0.2) is 9.97 Å². The molecular formula is C13H13ClN4O. The number of nitrogens with one attached hydrogen (secondary N) is 2. The lowest BCUT2D eigenvalue weighted by atomic mass is 10.2. The molecule has 1 aliphatic heterocycles. The average Bonchev–Trinajstić information content (AvgIpc) is 2.81. The van der Waals surface area contributed by atoms with Crippen LogP contribution in [0.1, 0.15) is 12.8 Å². The molecule has 2 heterocycles. The number of carbonyl (C=O) groups excluding carboxylic acids is 1. The van der Waals surface area contributed by atoms with Crippen molar-refractivity contribution in [2.45, 2.75) is 18.9 Å². The molecule has 0 aliphatic carbocycles. The highest BCUT2D eigenvalue weighted by Crippen LogP contribution is 2.22. The van der Waals surface area contributed by atoms with Crippen LogP contribution in [-0.4, -0.2) is 28.5 Å². The van der Waals surface area contributed by atoms with Crippen LogP contribution in [-0.2, 0) is 4.79 Å². The summed E-state index contributed by atoms with van der Waals surface area (Å²) < 4.78 is 0. The fraction of sp³-hybridized carbons (Fsp3) is 0.308. The van der Waals surface area contributed by atoms with Crippen LogP contribution in [0.2, 0.25) is 5.28 Å². The molecule has 0 saturated carbocycles. The molecule has 2 N–H and O–H groups in total. The van der Waals surface area contributed by atoms with E-state index in [1.807, 2.05) is 24.3 Å². The number of hydrogen-bond acceptors (Lipinski definition) is 4. The summed E-state index contributed by atoms with van der Waals surface area (Å²) >= 11 is 5.91. The molecule has 2 aromatic rings. The van der Waals surface area contributed by atoms with Crippen molar-refractivity contribution in [1.82, 2.24) is 15.3 Å². The SMILES string of the molecule is O=C1CCC(CNc2nc(Cl)nc3ccccc23)N1. The van der Waals surface area contributed by atoms with E-state index in [0.717, 1.165) is 17.3 Å². The van der Waals surface area contributed by atoms with E-state index in [-0.39, 0.29) is 17.2 Å². The van der Waals surface area contributed by atoms with E-state index in [0.29, 0.717) is 18.8 Å². The molecule has 1 aromatic carbocycles. The van der Waals surface area contributed by atoms with Gasteiger partial charge in [0, 0.05) is 24.4 Å². The number of para-hydroxylation sites is 1. The first-order valence-corrected chi connectivity index (χ1v) is 6.56. The zero-order chi connectivity index (χ0) is 13.2. The van der Waals surface area contributed by atoms with Crippen molar-refractivity contribution in [3.8, 4) is 0 Å². The van der Waals surface area contributed by atoms with Crippen LogP contribution in [0.15, 0.2) is 24.3 Å². The summed E-state index contributed by atoms with van der Waals surface area (Å²) in [5.74, 6) is 0.814. The van der Waals surface area contributed by atoms with E-state index in [9.17, 15) is 4.79 Å². The molecule has 1 fully saturated rings. The molecule has 0 spiro atoms. The number of fused-ring (bicyclic) bond motifs is 1. The van der Waals surface area contributed by atoms with Gasteiger partial charge in [-0.3, -0.25) is 4.79 Å². The maximum Gasteiger partial charge on any atom is 0.224 e. The standard InChI is InChI=1S/C13H13ClN4O/c14-13-17-10-4-2-1-3-9(10)12(18-13)15-7-8-5-6-11(19)16-8/h1-4,8H,5-7H2,(H,16,19)(H,15,17,18). The summed E-state index contributed by atoms with van der Waals surface area (Å²) in [6.07, 6.45) is 1.44. The maximum atomic E-state index is 11.1. The fourth-order valence-corrected chi connectivity index (χ4v) is 2.41. The van der Waals surface area contributed by atoms with Gasteiger partial charge < -0.3 is 10.6 Å². The molecule has 0 radical (unpaired) electrons. The number of nitrogens with zero attached hydrogens (tertiary/aromatic N) is 2. The second-order valence-corrected chi connectivity index (χ2v) is 4.88. The van der Waals surface area contributed by atoms with Crippen LogP contribution in [0, 0.1) is 0 Å². The van der Waals surface area contributed by atoms with Crippen molar-refractivity contribution >= 4 is 34.2 Å². The minimum absolute atomic E-state index is 0.109. The van der Waals surface area contributed by atoms with Gasteiger partial charge in [0.25, 0.3) is 0 Å². The summed E-state index contributed by atoms with van der Waals surface area (Å²) in [7, 11) is 0. The Balaban J connectivity index is 1.82. The lowest BCUT2D eigenvalue weighted by Crippen LogP contribution is -2.32. The Morgan fingerprint density at radius 3 is 3.00 bits per heavy atom. The third-order valence-electron chi connectivity index (χ3n) is 3.18. The van der Waals surface area contributed by atoms with Crippen molar-refractivity contribution in [2.75, 3.05) is 11.9 Å². The predicted molar refractivity (Wildman–Crippen MR) is 74.2 cm³/mol. The van der Waals surface area contributed by atoms with Gasteiger partial charge in [-0.15, -0.1) is 0 Å². The monoisotopic (exact) mass is 276 g/mol. The largest absolute Gasteiger partial charge is 0.367 e. The van der Waals surface area contributed by atoms with E-state index in [2.05, 4.69) is 20.6 Å². The topological polar surface area (TPSA) is 66.9 Å². The molecule has 6 heteroatoms. The second kappa shape index (κ2) is 5.01. The lowest BCUT2D eigenvalue weighted by Gasteiger charge is -2.13. The molecule has 98 valence electrons. The summed E-state index contributed by atoms with van der Waals surface area (Å²) in [6.45, 7) is 0.642. The van der Waals surface area contributed by atoms with Gasteiger partial charge in [0.1, 0.15) is 5.82 Å². The minimum Gasteiger partial charge on any atom is -0.367 e. The molecule has 1 aliphatic rings. The van der Waals surface area contributed by atoms with E-state index < -0.39 is 0 Å². The Morgan fingerprint density at radius 2 is 2.21 bits per heavy atom. The van der Waals surface area contributed by atoms with Gasteiger partial charge in [-0.05, 0) is 30.2 Å². The zero-order valence-corrected chi connectivity index (χ0v) is 10.9. The Morgan fingerprint density at radius 1 is 1.37 bits per heavy atom. The smallest absolute Gasteiger partial charge is 0.224 e. The van der Waals surface area contributed by atoms with Gasteiger partial charge in [-0.1, -0.05) is 12.1 Å². The van der Waals surface area contributed by atoms with Crippen molar-refractivity contribution < 1.29 is 4.79 Å². The Bertz CT molecular complexity index is 631. The third kappa shape index (κ3) is 2.61. The number of hydrogen-bond donors (Lipinski definition) is 2. The van der Waals surface area contributed by atoms with Crippen LogP contribution in [0.5, 0.6) is 0 Å². The number of benzene rings is 1. The highest BCUT2D eigenvalue weighted by Gasteiger charge is 2.20. The minimum atomic E-state index is 0.109. The lowest BCUT2D eigenvalue weighted by molar-refractivity contribution is -0.119. The second-order valence-electron chi connectivity index (χ2n) is 4.54. The molecule has 0 bridgehead atoms. The molecule has 1 amide bonds.